The van der Waals surface area contributed by atoms with E-state index in [0.29, 0.717) is 6.54 Å². The molecule has 1 aromatic carbocycles. The lowest BCUT2D eigenvalue weighted by Crippen LogP contribution is -2.34. The van der Waals surface area contributed by atoms with Crippen molar-refractivity contribution >= 4 is 23.1 Å². The van der Waals surface area contributed by atoms with Crippen molar-refractivity contribution in [3.05, 3.63) is 51.7 Å². The van der Waals surface area contributed by atoms with Gasteiger partial charge >= 0.3 is 6.03 Å². The summed E-state index contributed by atoms with van der Waals surface area (Å²) in [4.78, 5) is 15.5. The molecule has 2 aromatic rings. The maximum Gasteiger partial charge on any atom is 0.322 e. The molecule has 0 bridgehead atoms. The number of carbonyl (C=O) groups is 1. The van der Waals surface area contributed by atoms with E-state index in [4.69, 9.17) is 0 Å². The highest BCUT2D eigenvalue weighted by Gasteiger charge is 2.14. The van der Waals surface area contributed by atoms with Crippen molar-refractivity contribution in [1.29, 1.82) is 0 Å². The third-order valence-electron chi connectivity index (χ3n) is 3.47. The number of hydrogen-bond acceptors (Lipinski definition) is 2. The summed E-state index contributed by atoms with van der Waals surface area (Å²) < 4.78 is 0. The van der Waals surface area contributed by atoms with Gasteiger partial charge in [0.1, 0.15) is 0 Å². The largest absolute Gasteiger partial charge is 0.322 e. The van der Waals surface area contributed by atoms with E-state index in [1.165, 1.54) is 16.0 Å². The number of nitrogens with zero attached hydrogens (tertiary/aromatic N) is 1. The van der Waals surface area contributed by atoms with Gasteiger partial charge in [-0.25, -0.2) is 4.79 Å². The molecule has 4 heteroatoms. The van der Waals surface area contributed by atoms with Crippen molar-refractivity contribution in [2.75, 3.05) is 11.9 Å². The molecule has 2 amide bonds. The van der Waals surface area contributed by atoms with Gasteiger partial charge in [-0.1, -0.05) is 19.1 Å². The molecule has 1 heterocycles. The van der Waals surface area contributed by atoms with Gasteiger partial charge in [0.2, 0.25) is 0 Å². The van der Waals surface area contributed by atoms with E-state index in [-0.39, 0.29) is 6.03 Å². The first-order valence-corrected chi connectivity index (χ1v) is 8.13. The Morgan fingerprint density at radius 1 is 1.24 bits per heavy atom. The summed E-state index contributed by atoms with van der Waals surface area (Å²) in [5.74, 6) is 0. The second-order valence-corrected chi connectivity index (χ2v) is 6.26. The van der Waals surface area contributed by atoms with Crippen LogP contribution < -0.4 is 5.32 Å². The number of hydrogen-bond donors (Lipinski definition) is 1. The lowest BCUT2D eigenvalue weighted by molar-refractivity contribution is 0.209. The van der Waals surface area contributed by atoms with E-state index >= 15 is 0 Å². The Morgan fingerprint density at radius 2 is 2.05 bits per heavy atom. The van der Waals surface area contributed by atoms with E-state index in [1.54, 1.807) is 11.3 Å². The average Bonchev–Trinajstić information content (AvgIpc) is 2.95. The Morgan fingerprint density at radius 3 is 2.67 bits per heavy atom. The van der Waals surface area contributed by atoms with Crippen LogP contribution in [0.3, 0.4) is 0 Å². The second-order valence-electron chi connectivity index (χ2n) is 5.23. The number of anilines is 1. The molecule has 0 saturated heterocycles. The van der Waals surface area contributed by atoms with Crippen LogP contribution in [0, 0.1) is 13.8 Å². The average molecular weight is 302 g/mol. The number of nitrogens with one attached hydrogen (secondary N) is 1. The Balaban J connectivity index is 2.05. The summed E-state index contributed by atoms with van der Waals surface area (Å²) in [7, 11) is 0. The maximum atomic E-state index is 12.4. The van der Waals surface area contributed by atoms with Gasteiger partial charge in [-0.05, 0) is 55.0 Å². The summed E-state index contributed by atoms with van der Waals surface area (Å²) in [5.41, 5.74) is 3.28. The van der Waals surface area contributed by atoms with Crippen LogP contribution >= 0.6 is 11.3 Å². The van der Waals surface area contributed by atoms with Gasteiger partial charge in [-0.15, -0.1) is 11.3 Å². The zero-order valence-corrected chi connectivity index (χ0v) is 13.7. The van der Waals surface area contributed by atoms with Gasteiger partial charge in [0.15, 0.2) is 0 Å². The fourth-order valence-electron chi connectivity index (χ4n) is 2.13. The van der Waals surface area contributed by atoms with Crippen LogP contribution in [0.4, 0.5) is 10.5 Å². The third-order valence-corrected chi connectivity index (χ3v) is 4.33. The molecule has 1 N–H and O–H groups in total. The van der Waals surface area contributed by atoms with E-state index in [9.17, 15) is 4.79 Å². The highest BCUT2D eigenvalue weighted by atomic mass is 32.1. The molecular weight excluding hydrogens is 280 g/mol. The summed E-state index contributed by atoms with van der Waals surface area (Å²) in [6.07, 6.45) is 0.950. The van der Waals surface area contributed by atoms with E-state index in [2.05, 4.69) is 32.2 Å². The predicted molar refractivity (Wildman–Crippen MR) is 90.0 cm³/mol. The fraction of sp³-hybridized carbons (Fsp3) is 0.353. The predicted octanol–water partition coefficient (Wildman–Crippen LogP) is 4.81. The van der Waals surface area contributed by atoms with Crippen LogP contribution in [0.2, 0.25) is 0 Å². The molecule has 3 nitrogen and oxygen atoms in total. The van der Waals surface area contributed by atoms with Crippen molar-refractivity contribution in [2.24, 2.45) is 0 Å². The number of aryl methyl sites for hydroxylation is 2. The third kappa shape index (κ3) is 4.33. The first-order chi connectivity index (χ1) is 10.1. The zero-order valence-electron chi connectivity index (χ0n) is 12.8. The molecule has 0 aliphatic rings. The van der Waals surface area contributed by atoms with Gasteiger partial charge in [0.05, 0.1) is 6.54 Å². The van der Waals surface area contributed by atoms with Crippen LogP contribution in [0.1, 0.15) is 29.3 Å². The van der Waals surface area contributed by atoms with Crippen molar-refractivity contribution in [2.45, 2.75) is 33.7 Å². The molecule has 21 heavy (non-hydrogen) atoms. The number of benzene rings is 1. The minimum Gasteiger partial charge on any atom is -0.319 e. The van der Waals surface area contributed by atoms with Crippen LogP contribution in [-0.2, 0) is 6.54 Å². The smallest absolute Gasteiger partial charge is 0.319 e. The van der Waals surface area contributed by atoms with Gasteiger partial charge in [-0.3, -0.25) is 0 Å². The zero-order chi connectivity index (χ0) is 15.2. The van der Waals surface area contributed by atoms with Crippen molar-refractivity contribution in [3.63, 3.8) is 0 Å². The monoisotopic (exact) mass is 302 g/mol. The van der Waals surface area contributed by atoms with Crippen molar-refractivity contribution in [3.8, 4) is 0 Å². The number of carbonyl (C=O) groups excluding carboxylic acids is 1. The summed E-state index contributed by atoms with van der Waals surface area (Å²) in [5, 5.41) is 5.04. The minimum atomic E-state index is -0.0338. The van der Waals surface area contributed by atoms with Crippen molar-refractivity contribution in [1.82, 2.24) is 4.90 Å². The SMILES string of the molecule is CCCN(Cc1cccs1)C(=O)Nc1ccc(C)c(C)c1. The lowest BCUT2D eigenvalue weighted by atomic mass is 10.1. The second kappa shape index (κ2) is 7.27. The molecule has 0 spiro atoms. The molecule has 0 aliphatic heterocycles. The molecule has 0 saturated carbocycles. The standard InChI is InChI=1S/C17H22N2OS/c1-4-9-19(12-16-6-5-10-21-16)17(20)18-15-8-7-13(2)14(3)11-15/h5-8,10-11H,4,9,12H2,1-3H3,(H,18,20). The van der Waals surface area contributed by atoms with E-state index in [1.807, 2.05) is 34.5 Å². The van der Waals surface area contributed by atoms with Crippen LogP contribution in [0.25, 0.3) is 0 Å². The molecule has 2 rings (SSSR count). The molecule has 0 aliphatic carbocycles. The highest BCUT2D eigenvalue weighted by molar-refractivity contribution is 7.09. The number of urea groups is 1. The topological polar surface area (TPSA) is 32.3 Å². The van der Waals surface area contributed by atoms with E-state index < -0.39 is 0 Å². The van der Waals surface area contributed by atoms with Crippen LogP contribution in [-0.4, -0.2) is 17.5 Å². The van der Waals surface area contributed by atoms with Gasteiger partial charge < -0.3 is 10.2 Å². The Hall–Kier alpha value is -1.81. The summed E-state index contributed by atoms with van der Waals surface area (Å²) in [6.45, 7) is 7.64. The molecule has 1 aromatic heterocycles. The summed E-state index contributed by atoms with van der Waals surface area (Å²) in [6, 6.07) is 10.1. The molecule has 0 unspecified atom stereocenters. The Bertz CT molecular complexity index is 593. The van der Waals surface area contributed by atoms with Gasteiger partial charge in [0, 0.05) is 17.1 Å². The number of thiophene rings is 1. The summed E-state index contributed by atoms with van der Waals surface area (Å²) >= 11 is 1.68. The number of rotatable bonds is 5. The molecule has 0 fully saturated rings. The molecule has 112 valence electrons. The highest BCUT2D eigenvalue weighted by Crippen LogP contribution is 2.17. The van der Waals surface area contributed by atoms with Gasteiger partial charge in [0.25, 0.3) is 0 Å². The molecular formula is C17H22N2OS. The molecule has 0 radical (unpaired) electrons. The maximum absolute atomic E-state index is 12.4. The quantitative estimate of drug-likeness (QED) is 0.844. The molecule has 0 atom stereocenters. The lowest BCUT2D eigenvalue weighted by Gasteiger charge is -2.22. The Labute approximate surface area is 130 Å². The van der Waals surface area contributed by atoms with E-state index in [0.717, 1.165) is 18.7 Å². The van der Waals surface area contributed by atoms with Crippen molar-refractivity contribution < 1.29 is 4.79 Å². The first kappa shape index (κ1) is 15.6. The first-order valence-electron chi connectivity index (χ1n) is 7.25. The van der Waals surface area contributed by atoms with Crippen LogP contribution in [0.15, 0.2) is 35.7 Å². The normalized spacial score (nSPS) is 10.4. The van der Waals surface area contributed by atoms with Gasteiger partial charge in [-0.2, -0.15) is 0 Å². The fourth-order valence-corrected chi connectivity index (χ4v) is 2.85. The Kier molecular flexibility index (Phi) is 5.39. The number of amides is 2. The van der Waals surface area contributed by atoms with Crippen LogP contribution in [0.5, 0.6) is 0 Å². The minimum absolute atomic E-state index is 0.0338.